The Bertz CT molecular complexity index is 580. The van der Waals surface area contributed by atoms with Crippen molar-refractivity contribution in [1.82, 2.24) is 0 Å². The summed E-state index contributed by atoms with van der Waals surface area (Å²) in [5.41, 5.74) is -5.43. The van der Waals surface area contributed by atoms with Crippen LogP contribution in [-0.2, 0) is 13.7 Å². The van der Waals surface area contributed by atoms with E-state index in [1.54, 1.807) is 12.1 Å². The second-order valence-corrected chi connectivity index (χ2v) is 9.73. The Labute approximate surface area is 130 Å². The maximum atomic E-state index is 12.4. The fourth-order valence-corrected chi connectivity index (χ4v) is 4.71. The van der Waals surface area contributed by atoms with Gasteiger partial charge in [0.1, 0.15) is 5.75 Å². The van der Waals surface area contributed by atoms with Crippen LogP contribution in [0.25, 0.3) is 0 Å². The lowest BCUT2D eigenvalue weighted by Gasteiger charge is -2.30. The Kier molecular flexibility index (Phi) is 6.17. The predicted molar refractivity (Wildman–Crippen MR) is 80.6 cm³/mol. The molecule has 0 unspecified atom stereocenters. The molecule has 1 rings (SSSR count). The summed E-state index contributed by atoms with van der Waals surface area (Å²) in [5.74, 6) is 0.575. The van der Waals surface area contributed by atoms with Crippen LogP contribution in [0.5, 0.6) is 5.75 Å². The van der Waals surface area contributed by atoms with E-state index in [1.807, 2.05) is 6.92 Å². The van der Waals surface area contributed by atoms with E-state index in [0.29, 0.717) is 17.3 Å². The van der Waals surface area contributed by atoms with Crippen LogP contribution in [0.1, 0.15) is 19.8 Å². The summed E-state index contributed by atoms with van der Waals surface area (Å²) in [5, 5.41) is 0. The summed E-state index contributed by atoms with van der Waals surface area (Å²) in [4.78, 5) is 0.378. The topological polar surface area (TPSA) is 52.6 Å². The number of hydrogen-bond donors (Lipinski definition) is 0. The van der Waals surface area contributed by atoms with Crippen molar-refractivity contribution in [3.05, 3.63) is 24.3 Å². The molecule has 0 bridgehead atoms. The van der Waals surface area contributed by atoms with Crippen molar-refractivity contribution < 1.29 is 30.0 Å². The van der Waals surface area contributed by atoms with E-state index in [4.69, 9.17) is 4.74 Å². The Morgan fingerprint density at radius 3 is 2.09 bits per heavy atom. The lowest BCUT2D eigenvalue weighted by Crippen LogP contribution is -2.26. The Balaban J connectivity index is 2.85. The number of ether oxygens (including phenoxy) is 1. The van der Waals surface area contributed by atoms with Crippen molar-refractivity contribution in [3.8, 4) is 5.75 Å². The monoisotopic (exact) mass is 360 g/mol. The van der Waals surface area contributed by atoms with Crippen molar-refractivity contribution in [2.24, 2.45) is 0 Å². The van der Waals surface area contributed by atoms with Gasteiger partial charge >= 0.3 is 15.6 Å². The summed E-state index contributed by atoms with van der Waals surface area (Å²) in [6.07, 6.45) is 4.55. The van der Waals surface area contributed by atoms with Gasteiger partial charge in [0.2, 0.25) is 0 Å². The third-order valence-corrected chi connectivity index (χ3v) is 6.75. The first kappa shape index (κ1) is 19.1. The minimum absolute atomic E-state index is 0.378. The third-order valence-electron chi connectivity index (χ3n) is 2.70. The minimum Gasteiger partial charge on any atom is -0.494 e. The maximum Gasteiger partial charge on any atom is 0.523 e. The highest BCUT2D eigenvalue weighted by Crippen LogP contribution is 2.53. The molecular weight excluding hydrogens is 341 g/mol. The molecule has 0 aliphatic rings. The molecule has 4 nitrogen and oxygen atoms in total. The summed E-state index contributed by atoms with van der Waals surface area (Å²) < 4.78 is 69.3. The van der Waals surface area contributed by atoms with Gasteiger partial charge in [0.05, 0.1) is 6.61 Å². The molecule has 0 saturated carbocycles. The molecule has 22 heavy (non-hydrogen) atoms. The molecule has 0 fully saturated rings. The average molecular weight is 360 g/mol. The molecule has 0 N–H and O–H groups in total. The largest absolute Gasteiger partial charge is 0.523 e. The zero-order chi connectivity index (χ0) is 17.0. The Morgan fingerprint density at radius 1 is 1.09 bits per heavy atom. The van der Waals surface area contributed by atoms with Crippen LogP contribution in [0.3, 0.4) is 0 Å². The van der Waals surface area contributed by atoms with Crippen LogP contribution < -0.4 is 4.74 Å². The van der Waals surface area contributed by atoms with E-state index in [1.165, 1.54) is 24.6 Å². The van der Waals surface area contributed by atoms with Crippen molar-refractivity contribution in [3.63, 3.8) is 0 Å². The van der Waals surface area contributed by atoms with E-state index >= 15 is 0 Å². The van der Waals surface area contributed by atoms with Gasteiger partial charge in [-0.2, -0.15) is 21.6 Å². The molecule has 0 radical (unpaired) electrons. The third kappa shape index (κ3) is 5.06. The summed E-state index contributed by atoms with van der Waals surface area (Å²) >= 11 is 0. The van der Waals surface area contributed by atoms with Gasteiger partial charge in [-0.15, -0.1) is 0 Å². The molecule has 1 aromatic carbocycles. The number of halogens is 3. The van der Waals surface area contributed by atoms with E-state index in [-0.39, 0.29) is 0 Å². The van der Waals surface area contributed by atoms with E-state index < -0.39 is 25.9 Å². The quantitative estimate of drug-likeness (QED) is 0.543. The predicted octanol–water partition coefficient (Wildman–Crippen LogP) is 4.07. The molecule has 0 aliphatic heterocycles. The molecule has 1 aromatic rings. The van der Waals surface area contributed by atoms with Gasteiger partial charge in [-0.05, 0) is 43.2 Å². The van der Waals surface area contributed by atoms with Crippen LogP contribution in [0.15, 0.2) is 29.2 Å². The minimum atomic E-state index is -5.63. The van der Waals surface area contributed by atoms with Gasteiger partial charge in [0.15, 0.2) is 0 Å². The molecule has 0 spiro atoms. The molecule has 0 heterocycles. The molecule has 0 saturated heterocycles. The van der Waals surface area contributed by atoms with E-state index in [9.17, 15) is 21.6 Å². The van der Waals surface area contributed by atoms with Gasteiger partial charge in [0.25, 0.3) is 0 Å². The smallest absolute Gasteiger partial charge is 0.494 e. The molecule has 0 atom stereocenters. The first-order valence-electron chi connectivity index (χ1n) is 6.48. The van der Waals surface area contributed by atoms with Crippen LogP contribution in [0.2, 0.25) is 0 Å². The van der Waals surface area contributed by atoms with Crippen LogP contribution in [0.4, 0.5) is 13.2 Å². The van der Waals surface area contributed by atoms with Crippen LogP contribution in [0, 0.1) is 0 Å². The van der Waals surface area contributed by atoms with Gasteiger partial charge in [0, 0.05) is 4.90 Å². The molecule has 0 aromatic heterocycles. The van der Waals surface area contributed by atoms with Crippen molar-refractivity contribution in [2.75, 3.05) is 19.1 Å². The highest BCUT2D eigenvalue weighted by molar-refractivity contribution is 8.32. The zero-order valence-electron chi connectivity index (χ0n) is 12.5. The fourth-order valence-electron chi connectivity index (χ4n) is 1.50. The van der Waals surface area contributed by atoms with Gasteiger partial charge < -0.3 is 4.74 Å². The van der Waals surface area contributed by atoms with E-state index in [2.05, 4.69) is 3.63 Å². The van der Waals surface area contributed by atoms with Crippen molar-refractivity contribution in [2.45, 2.75) is 30.2 Å². The Hall–Kier alpha value is -0.930. The number of hydrogen-bond acceptors (Lipinski definition) is 4. The van der Waals surface area contributed by atoms with Crippen LogP contribution >= 0.6 is 10.3 Å². The lowest BCUT2D eigenvalue weighted by atomic mass is 10.3. The highest BCUT2D eigenvalue weighted by atomic mass is 32.3. The molecule has 0 aliphatic carbocycles. The maximum absolute atomic E-state index is 12.4. The number of alkyl halides is 3. The summed E-state index contributed by atoms with van der Waals surface area (Å²) in [7, 11) is -8.23. The average Bonchev–Trinajstić information content (AvgIpc) is 2.37. The Morgan fingerprint density at radius 2 is 1.64 bits per heavy atom. The summed E-state index contributed by atoms with van der Waals surface area (Å²) in [6.45, 7) is 2.57. The molecule has 128 valence electrons. The standard InChI is InChI=1S/C13H19F3O4S2/c1-4-5-10-19-11-6-8-12(9-7-11)21(2,3)20-22(17,18)13(14,15)16/h6-9H,4-5,10H2,1-3H3. The summed E-state index contributed by atoms with van der Waals surface area (Å²) in [6, 6.07) is 6.21. The molecular formula is C13H19F3O4S2. The van der Waals surface area contributed by atoms with Gasteiger partial charge in [-0.3, -0.25) is 0 Å². The zero-order valence-corrected chi connectivity index (χ0v) is 14.1. The van der Waals surface area contributed by atoms with E-state index in [0.717, 1.165) is 12.8 Å². The highest BCUT2D eigenvalue weighted by Gasteiger charge is 2.49. The second-order valence-electron chi connectivity index (χ2n) is 4.87. The van der Waals surface area contributed by atoms with Crippen molar-refractivity contribution >= 4 is 20.4 Å². The SMILES string of the molecule is CCCCOc1ccc(S(C)(C)OS(=O)(=O)C(F)(F)F)cc1. The fraction of sp³-hybridized carbons (Fsp3) is 0.538. The van der Waals surface area contributed by atoms with Crippen LogP contribution in [-0.4, -0.2) is 33.0 Å². The lowest BCUT2D eigenvalue weighted by molar-refractivity contribution is -0.0495. The number of rotatable bonds is 7. The number of benzene rings is 1. The molecule has 9 heteroatoms. The second kappa shape index (κ2) is 7.10. The van der Waals surface area contributed by atoms with Gasteiger partial charge in [-0.1, -0.05) is 23.7 Å². The van der Waals surface area contributed by atoms with Gasteiger partial charge in [-0.25, -0.2) is 3.63 Å². The first-order chi connectivity index (χ1) is 9.99. The molecule has 0 amide bonds. The number of unbranched alkanes of at least 4 members (excludes halogenated alkanes) is 1. The normalized spacial score (nSPS) is 13.9. The van der Waals surface area contributed by atoms with Crippen molar-refractivity contribution in [1.29, 1.82) is 0 Å². The first-order valence-corrected chi connectivity index (χ1v) is 10.3.